The van der Waals surface area contributed by atoms with Gasteiger partial charge in [-0.2, -0.15) is 0 Å². The van der Waals surface area contributed by atoms with E-state index in [1.165, 1.54) is 12.1 Å². The Bertz CT molecular complexity index is 210. The molecule has 0 saturated heterocycles. The van der Waals surface area contributed by atoms with Crippen molar-refractivity contribution in [3.05, 3.63) is 30.1 Å². The summed E-state index contributed by atoms with van der Waals surface area (Å²) in [6.45, 7) is 0. The molecule has 0 heterocycles. The maximum atomic E-state index is 12.3. The third kappa shape index (κ3) is 2.21. The number of nitrogens with one attached hydrogen (secondary N) is 1. The minimum atomic E-state index is -0.287. The van der Waals surface area contributed by atoms with Crippen molar-refractivity contribution in [2.75, 3.05) is 5.43 Å². The van der Waals surface area contributed by atoms with Crippen LogP contribution in [-0.2, 0) is 0 Å². The monoisotopic (exact) mass is 162 g/mol. The van der Waals surface area contributed by atoms with Gasteiger partial charge in [0.15, 0.2) is 0 Å². The van der Waals surface area contributed by atoms with Crippen molar-refractivity contribution in [3.63, 3.8) is 0 Å². The zero-order valence-electron chi connectivity index (χ0n) is 6.14. The van der Waals surface area contributed by atoms with Crippen LogP contribution in [0.1, 0.15) is 1.43 Å². The van der Waals surface area contributed by atoms with E-state index in [2.05, 4.69) is 5.43 Å². The van der Waals surface area contributed by atoms with Gasteiger partial charge < -0.3 is 17.8 Å². The van der Waals surface area contributed by atoms with Crippen molar-refractivity contribution in [1.29, 1.82) is 0 Å². The summed E-state index contributed by atoms with van der Waals surface area (Å²) < 4.78 is 12.3. The molecule has 0 radical (unpaired) electrons. The van der Waals surface area contributed by atoms with Crippen LogP contribution in [0.2, 0.25) is 0 Å². The molecule has 0 bridgehead atoms. The number of hydrogen-bond acceptors (Lipinski definition) is 2. The van der Waals surface area contributed by atoms with Crippen LogP contribution in [0.4, 0.5) is 10.1 Å². The summed E-state index contributed by atoms with van der Waals surface area (Å²) in [6.07, 6.45) is 0. The zero-order valence-corrected chi connectivity index (χ0v) is 5.90. The van der Waals surface area contributed by atoms with Gasteiger partial charge in [0.25, 0.3) is 0 Å². The van der Waals surface area contributed by atoms with Crippen molar-refractivity contribution < 1.29 is 18.2 Å². The second-order valence-electron chi connectivity index (χ2n) is 1.65. The molecular weight excluding hydrogens is 155 g/mol. The third-order valence-electron chi connectivity index (χ3n) is 0.991. The summed E-state index contributed by atoms with van der Waals surface area (Å²) in [5, 5.41) is 0. The molecule has 2 nitrogen and oxygen atoms in total. The van der Waals surface area contributed by atoms with E-state index < -0.39 is 0 Å². The zero-order chi connectivity index (χ0) is 6.69. The van der Waals surface area contributed by atoms with E-state index in [0.29, 0.717) is 5.69 Å². The molecule has 56 valence electrons. The van der Waals surface area contributed by atoms with Crippen LogP contribution in [0.15, 0.2) is 24.3 Å². The van der Waals surface area contributed by atoms with Crippen LogP contribution < -0.4 is 23.7 Å². The fraction of sp³-hybridized carbons (Fsp3) is 0. The first kappa shape index (κ1) is 9.20. The lowest BCUT2D eigenvalue weighted by molar-refractivity contribution is -0.00000254. The molecule has 0 aliphatic heterocycles. The average molecular weight is 163 g/mol. The van der Waals surface area contributed by atoms with Gasteiger partial charge in [-0.25, -0.2) is 4.39 Å². The summed E-state index contributed by atoms with van der Waals surface area (Å²) in [4.78, 5) is 0. The number of nitrogens with two attached hydrogens (primary N) is 1. The Morgan fingerprint density at radius 2 is 2.20 bits per heavy atom. The van der Waals surface area contributed by atoms with Gasteiger partial charge >= 0.3 is 1.43 Å². The van der Waals surface area contributed by atoms with Gasteiger partial charge in [-0.1, -0.05) is 6.07 Å². The first-order chi connectivity index (χ1) is 4.33. The second kappa shape index (κ2) is 4.09. The molecule has 0 aromatic heterocycles. The maximum absolute atomic E-state index is 12.3. The van der Waals surface area contributed by atoms with Gasteiger partial charge in [-0.3, -0.25) is 5.84 Å². The van der Waals surface area contributed by atoms with Crippen LogP contribution in [0, 0.1) is 5.82 Å². The van der Waals surface area contributed by atoms with E-state index in [1.54, 1.807) is 12.1 Å². The largest absolute Gasteiger partial charge is 1.00 e. The van der Waals surface area contributed by atoms with Gasteiger partial charge in [0.1, 0.15) is 5.82 Å². The lowest BCUT2D eigenvalue weighted by Gasteiger charge is -1.96. The highest BCUT2D eigenvalue weighted by atomic mass is 35.5. The van der Waals surface area contributed by atoms with Gasteiger partial charge in [0.2, 0.25) is 0 Å². The summed E-state index contributed by atoms with van der Waals surface area (Å²) in [5.41, 5.74) is 2.91. The lowest BCUT2D eigenvalue weighted by Crippen LogP contribution is -3.00. The predicted molar refractivity (Wildman–Crippen MR) is 35.3 cm³/mol. The van der Waals surface area contributed by atoms with E-state index >= 15 is 0 Å². The molecule has 0 aliphatic carbocycles. The van der Waals surface area contributed by atoms with Crippen LogP contribution in [0.5, 0.6) is 0 Å². The topological polar surface area (TPSA) is 38.0 Å². The number of hydrazine groups is 1. The van der Waals surface area contributed by atoms with Crippen LogP contribution in [-0.4, -0.2) is 0 Å². The summed E-state index contributed by atoms with van der Waals surface area (Å²) in [6, 6.07) is 5.95. The Morgan fingerprint density at radius 3 is 2.60 bits per heavy atom. The van der Waals surface area contributed by atoms with Crippen LogP contribution in [0.3, 0.4) is 0 Å². The summed E-state index contributed by atoms with van der Waals surface area (Å²) in [7, 11) is 0. The van der Waals surface area contributed by atoms with Crippen LogP contribution in [0.25, 0.3) is 0 Å². The van der Waals surface area contributed by atoms with Crippen molar-refractivity contribution in [1.82, 2.24) is 0 Å². The van der Waals surface area contributed by atoms with Crippen molar-refractivity contribution in [2.45, 2.75) is 0 Å². The van der Waals surface area contributed by atoms with Gasteiger partial charge in [-0.05, 0) is 18.2 Å². The van der Waals surface area contributed by atoms with E-state index in [-0.39, 0.29) is 19.7 Å². The molecule has 0 unspecified atom stereocenters. The minimum Gasteiger partial charge on any atom is -1.00 e. The summed E-state index contributed by atoms with van der Waals surface area (Å²) >= 11 is 0. The molecule has 1 aromatic carbocycles. The SMILES string of the molecule is NNc1cccc(F)c1.[Cl-].[H+]. The fourth-order valence-corrected chi connectivity index (χ4v) is 0.578. The van der Waals surface area contributed by atoms with Gasteiger partial charge in [-0.15, -0.1) is 0 Å². The Balaban J connectivity index is 0. The van der Waals surface area contributed by atoms with E-state index in [1.807, 2.05) is 0 Å². The lowest BCUT2D eigenvalue weighted by atomic mass is 10.3. The van der Waals surface area contributed by atoms with Gasteiger partial charge in [0.05, 0.1) is 5.69 Å². The number of anilines is 1. The first-order valence-electron chi connectivity index (χ1n) is 2.55. The second-order valence-corrected chi connectivity index (χ2v) is 1.65. The highest BCUT2D eigenvalue weighted by Gasteiger charge is 1.88. The van der Waals surface area contributed by atoms with Crippen molar-refractivity contribution in [3.8, 4) is 0 Å². The van der Waals surface area contributed by atoms with Crippen molar-refractivity contribution >= 4 is 5.69 Å². The fourth-order valence-electron chi connectivity index (χ4n) is 0.578. The molecule has 10 heavy (non-hydrogen) atoms. The molecule has 0 amide bonds. The Labute approximate surface area is 66.1 Å². The standard InChI is InChI=1S/C6H7FN2.ClH/c7-5-2-1-3-6(4-5)9-8;/h1-4,9H,8H2;1H. The Hall–Kier alpha value is -0.800. The number of hydrogen-bond donors (Lipinski definition) is 2. The predicted octanol–water partition coefficient (Wildman–Crippen LogP) is -1.77. The highest BCUT2D eigenvalue weighted by molar-refractivity contribution is 5.41. The maximum Gasteiger partial charge on any atom is 1.00 e. The molecule has 0 fully saturated rings. The number of benzene rings is 1. The third-order valence-corrected chi connectivity index (χ3v) is 0.991. The quantitative estimate of drug-likeness (QED) is 0.379. The Morgan fingerprint density at radius 1 is 1.50 bits per heavy atom. The van der Waals surface area contributed by atoms with E-state index in [9.17, 15) is 4.39 Å². The molecule has 1 rings (SSSR count). The first-order valence-corrected chi connectivity index (χ1v) is 2.55. The number of nitrogen functional groups attached to an aromatic ring is 1. The van der Waals surface area contributed by atoms with Gasteiger partial charge in [0, 0.05) is 0 Å². The minimum absolute atomic E-state index is 0. The number of rotatable bonds is 1. The molecular formula is C6H8ClFN2. The molecule has 1 aromatic rings. The summed E-state index contributed by atoms with van der Waals surface area (Å²) in [5.74, 6) is 4.72. The smallest absolute Gasteiger partial charge is 1.00 e. The van der Waals surface area contributed by atoms with E-state index in [0.717, 1.165) is 0 Å². The number of halogens is 2. The molecule has 0 atom stereocenters. The molecule has 0 saturated carbocycles. The Kier molecular flexibility index (Phi) is 3.76. The average Bonchev–Trinajstić information content (AvgIpc) is 1.88. The van der Waals surface area contributed by atoms with E-state index in [4.69, 9.17) is 5.84 Å². The van der Waals surface area contributed by atoms with Crippen LogP contribution >= 0.6 is 0 Å². The molecule has 0 aliphatic rings. The highest BCUT2D eigenvalue weighted by Crippen LogP contribution is 2.05. The normalized spacial score (nSPS) is 8.20. The molecule has 0 spiro atoms. The molecule has 4 heteroatoms. The molecule has 3 N–H and O–H groups in total. The van der Waals surface area contributed by atoms with Crippen molar-refractivity contribution in [2.24, 2.45) is 5.84 Å².